The molecule has 0 saturated heterocycles. The van der Waals surface area contributed by atoms with Crippen molar-refractivity contribution in [2.75, 3.05) is 10.6 Å². The molecule has 0 spiro atoms. The van der Waals surface area contributed by atoms with E-state index in [1.807, 2.05) is 54.9 Å². The molecule has 4 rings (SSSR count). The molecule has 0 aliphatic rings. The fraction of sp³-hybridized carbons (Fsp3) is 0.0952. The molecule has 0 unspecified atom stereocenters. The fourth-order valence-corrected chi connectivity index (χ4v) is 3.90. The second-order valence-corrected chi connectivity index (χ2v) is 8.37. The monoisotopic (exact) mass is 490 g/mol. The first-order chi connectivity index (χ1) is 15.0. The van der Waals surface area contributed by atoms with Gasteiger partial charge in [0.25, 0.3) is 0 Å². The molecule has 158 valence electrons. The maximum Gasteiger partial charge on any atom is 0.177 e. The maximum absolute atomic E-state index is 6.23. The van der Waals surface area contributed by atoms with Crippen LogP contribution in [0.15, 0.2) is 67.0 Å². The van der Waals surface area contributed by atoms with E-state index in [0.29, 0.717) is 44.9 Å². The van der Waals surface area contributed by atoms with Gasteiger partial charge >= 0.3 is 0 Å². The van der Waals surface area contributed by atoms with E-state index in [-0.39, 0.29) is 0 Å². The molecule has 4 aromatic rings. The number of thiocarbonyl (C=S) groups is 1. The molecule has 6 nitrogen and oxygen atoms in total. The number of nitrogens with one attached hydrogen (secondary N) is 2. The normalized spacial score (nSPS) is 10.8. The van der Waals surface area contributed by atoms with Crippen LogP contribution in [0.4, 0.5) is 11.6 Å². The second kappa shape index (κ2) is 9.70. The van der Waals surface area contributed by atoms with Crippen molar-refractivity contribution in [3.05, 3.63) is 93.2 Å². The van der Waals surface area contributed by atoms with Crippen LogP contribution in [0, 0.1) is 0 Å². The van der Waals surface area contributed by atoms with Gasteiger partial charge in [-0.15, -0.1) is 0 Å². The Morgan fingerprint density at radius 2 is 1.39 bits per heavy atom. The lowest BCUT2D eigenvalue weighted by molar-refractivity contribution is 0.689. The molecule has 0 atom stereocenters. The third kappa shape index (κ3) is 5.77. The average Bonchev–Trinajstić information content (AvgIpc) is 3.34. The summed E-state index contributed by atoms with van der Waals surface area (Å²) in [6.07, 6.45) is 3.69. The van der Waals surface area contributed by atoms with Crippen LogP contribution in [0.1, 0.15) is 11.1 Å². The molecule has 2 heterocycles. The van der Waals surface area contributed by atoms with Crippen LogP contribution < -0.4 is 10.6 Å². The standard InChI is InChI=1S/C21H17Cl3N6S/c22-15-4-1-3-14(11-15)12-29-9-7-19(27-29)25-21(31)26-20-8-10-30(28-20)13-16-17(23)5-2-6-18(16)24/h1-11H,12-13H2,(H2,25,26,27,28,31). The highest BCUT2D eigenvalue weighted by molar-refractivity contribution is 7.80. The van der Waals surface area contributed by atoms with Crippen LogP contribution in [-0.2, 0) is 13.1 Å². The van der Waals surface area contributed by atoms with Crippen molar-refractivity contribution in [3.63, 3.8) is 0 Å². The van der Waals surface area contributed by atoms with Crippen LogP contribution in [-0.4, -0.2) is 24.7 Å². The highest BCUT2D eigenvalue weighted by Gasteiger charge is 2.09. The summed E-state index contributed by atoms with van der Waals surface area (Å²) in [4.78, 5) is 0. The zero-order chi connectivity index (χ0) is 21.8. The second-order valence-electron chi connectivity index (χ2n) is 6.71. The van der Waals surface area contributed by atoms with Crippen LogP contribution >= 0.6 is 47.0 Å². The predicted molar refractivity (Wildman–Crippen MR) is 130 cm³/mol. The molecule has 10 heteroatoms. The number of hydrogen-bond acceptors (Lipinski definition) is 3. The zero-order valence-corrected chi connectivity index (χ0v) is 19.2. The summed E-state index contributed by atoms with van der Waals surface area (Å²) in [7, 11) is 0. The first-order valence-electron chi connectivity index (χ1n) is 9.28. The Morgan fingerprint density at radius 1 is 0.806 bits per heavy atom. The molecule has 0 saturated carbocycles. The van der Waals surface area contributed by atoms with Gasteiger partial charge in [0.15, 0.2) is 16.7 Å². The van der Waals surface area contributed by atoms with Crippen molar-refractivity contribution in [1.29, 1.82) is 0 Å². The van der Waals surface area contributed by atoms with E-state index in [4.69, 9.17) is 47.0 Å². The smallest absolute Gasteiger partial charge is 0.177 e. The molecule has 0 aliphatic heterocycles. The Kier molecular flexibility index (Phi) is 6.77. The Morgan fingerprint density at radius 3 is 2.00 bits per heavy atom. The van der Waals surface area contributed by atoms with Gasteiger partial charge in [-0.3, -0.25) is 9.36 Å². The van der Waals surface area contributed by atoms with E-state index in [9.17, 15) is 0 Å². The summed E-state index contributed by atoms with van der Waals surface area (Å²) < 4.78 is 3.54. The van der Waals surface area contributed by atoms with E-state index >= 15 is 0 Å². The first kappa shape index (κ1) is 21.6. The van der Waals surface area contributed by atoms with E-state index in [2.05, 4.69) is 20.8 Å². The van der Waals surface area contributed by atoms with Crippen molar-refractivity contribution in [2.45, 2.75) is 13.1 Å². The quantitative estimate of drug-likeness (QED) is 0.327. The Bertz CT molecular complexity index is 1200. The predicted octanol–water partition coefficient (Wildman–Crippen LogP) is 5.95. The molecule has 2 aromatic heterocycles. The molecule has 31 heavy (non-hydrogen) atoms. The lowest BCUT2D eigenvalue weighted by atomic mass is 10.2. The van der Waals surface area contributed by atoms with E-state index in [0.717, 1.165) is 11.1 Å². The Balaban J connectivity index is 1.34. The number of aromatic nitrogens is 4. The number of nitrogens with zero attached hydrogens (tertiary/aromatic N) is 4. The van der Waals surface area contributed by atoms with Gasteiger partial charge in [-0.2, -0.15) is 10.2 Å². The minimum Gasteiger partial charge on any atom is -0.316 e. The van der Waals surface area contributed by atoms with Gasteiger partial charge in [0.05, 0.1) is 13.1 Å². The molecular formula is C21H17Cl3N6S. The van der Waals surface area contributed by atoms with Gasteiger partial charge in [0, 0.05) is 45.2 Å². The van der Waals surface area contributed by atoms with E-state index in [1.165, 1.54) is 0 Å². The first-order valence-corrected chi connectivity index (χ1v) is 10.8. The number of anilines is 2. The van der Waals surface area contributed by atoms with Gasteiger partial charge in [-0.25, -0.2) is 0 Å². The summed E-state index contributed by atoms with van der Waals surface area (Å²) in [5.74, 6) is 1.22. The molecule has 2 N–H and O–H groups in total. The minimum absolute atomic E-state index is 0.383. The molecule has 0 amide bonds. The highest BCUT2D eigenvalue weighted by Crippen LogP contribution is 2.25. The van der Waals surface area contributed by atoms with Crippen molar-refractivity contribution in [3.8, 4) is 0 Å². The lowest BCUT2D eigenvalue weighted by Crippen LogP contribution is -2.20. The SMILES string of the molecule is S=C(Nc1ccn(Cc2cccc(Cl)c2)n1)Nc1ccn(Cc2c(Cl)cccc2Cl)n1. The maximum atomic E-state index is 6.23. The summed E-state index contributed by atoms with van der Waals surface area (Å²) in [6.45, 7) is 1.06. The minimum atomic E-state index is 0.383. The molecule has 0 fully saturated rings. The van der Waals surface area contributed by atoms with Crippen LogP contribution in [0.3, 0.4) is 0 Å². The van der Waals surface area contributed by atoms with Gasteiger partial charge in [-0.05, 0) is 42.0 Å². The van der Waals surface area contributed by atoms with E-state index < -0.39 is 0 Å². The molecule has 2 aromatic carbocycles. The van der Waals surface area contributed by atoms with Gasteiger partial charge in [0.2, 0.25) is 0 Å². The third-order valence-electron chi connectivity index (χ3n) is 4.38. The third-order valence-corrected chi connectivity index (χ3v) is 5.53. The summed E-state index contributed by atoms with van der Waals surface area (Å²) in [6, 6.07) is 16.7. The summed E-state index contributed by atoms with van der Waals surface area (Å²) in [5.41, 5.74) is 1.87. The Labute approximate surface area is 199 Å². The van der Waals surface area contributed by atoms with Crippen LogP contribution in [0.2, 0.25) is 15.1 Å². The average molecular weight is 492 g/mol. The fourth-order valence-electron chi connectivity index (χ4n) is 2.96. The Hall–Kier alpha value is -2.58. The largest absolute Gasteiger partial charge is 0.316 e. The lowest BCUT2D eigenvalue weighted by Gasteiger charge is -2.08. The van der Waals surface area contributed by atoms with Crippen molar-refractivity contribution >= 4 is 63.8 Å². The molecule has 0 bridgehead atoms. The van der Waals surface area contributed by atoms with E-state index in [1.54, 1.807) is 21.5 Å². The molecular weight excluding hydrogens is 475 g/mol. The van der Waals surface area contributed by atoms with Crippen molar-refractivity contribution in [2.24, 2.45) is 0 Å². The molecule has 0 radical (unpaired) electrons. The number of benzene rings is 2. The van der Waals surface area contributed by atoms with Crippen LogP contribution in [0.25, 0.3) is 0 Å². The van der Waals surface area contributed by atoms with Crippen molar-refractivity contribution < 1.29 is 0 Å². The van der Waals surface area contributed by atoms with Crippen LogP contribution in [0.5, 0.6) is 0 Å². The zero-order valence-electron chi connectivity index (χ0n) is 16.1. The van der Waals surface area contributed by atoms with Gasteiger partial charge in [0.1, 0.15) is 0 Å². The van der Waals surface area contributed by atoms with Crippen molar-refractivity contribution in [1.82, 2.24) is 19.6 Å². The highest BCUT2D eigenvalue weighted by atomic mass is 35.5. The summed E-state index contributed by atoms with van der Waals surface area (Å²) >= 11 is 23.9. The number of hydrogen-bond donors (Lipinski definition) is 2. The number of halogens is 3. The van der Waals surface area contributed by atoms with Gasteiger partial charge in [-0.1, -0.05) is 53.0 Å². The number of rotatable bonds is 6. The topological polar surface area (TPSA) is 59.7 Å². The van der Waals surface area contributed by atoms with Gasteiger partial charge < -0.3 is 10.6 Å². The molecule has 0 aliphatic carbocycles. The summed E-state index contributed by atoms with van der Waals surface area (Å²) in [5, 5.41) is 17.3.